The number of hydrogen-bond acceptors (Lipinski definition) is 6. The van der Waals surface area contributed by atoms with Crippen LogP contribution in [0.25, 0.3) is 11.3 Å². The van der Waals surface area contributed by atoms with Crippen molar-refractivity contribution in [2.45, 2.75) is 44.6 Å². The molecule has 1 saturated carbocycles. The number of nitrogens with two attached hydrogens (primary N) is 1. The summed E-state index contributed by atoms with van der Waals surface area (Å²) in [5.41, 5.74) is 8.25. The molecule has 1 saturated heterocycles. The molecule has 6 nitrogen and oxygen atoms in total. The van der Waals surface area contributed by atoms with Gasteiger partial charge in [0.25, 0.3) is 0 Å². The first-order valence-electron chi connectivity index (χ1n) is 10.8. The Morgan fingerprint density at radius 1 is 1.23 bits per heavy atom. The molecule has 4 rings (SSSR count). The minimum atomic E-state index is 0.0526. The van der Waals surface area contributed by atoms with Gasteiger partial charge in [0, 0.05) is 55.6 Å². The third kappa shape index (κ3) is 5.36. The number of halogens is 1. The van der Waals surface area contributed by atoms with Gasteiger partial charge in [0.15, 0.2) is 0 Å². The van der Waals surface area contributed by atoms with E-state index in [-0.39, 0.29) is 17.7 Å². The number of pyridine rings is 2. The van der Waals surface area contributed by atoms with Crippen LogP contribution in [-0.2, 0) is 16.0 Å². The number of nitrogens with zero attached hydrogens (tertiary/aromatic N) is 2. The van der Waals surface area contributed by atoms with E-state index in [1.807, 2.05) is 24.3 Å². The van der Waals surface area contributed by atoms with E-state index in [9.17, 15) is 4.79 Å². The molecule has 160 valence electrons. The Morgan fingerprint density at radius 3 is 2.83 bits per heavy atom. The van der Waals surface area contributed by atoms with Crippen molar-refractivity contribution >= 4 is 23.2 Å². The standard InChI is InChI=1S/C23H29ClN4O2/c24-20-14-26-18(12-22(29)16-4-5-17(25)10-16)11-19(20)21-2-1-3-23(28-21)27-13-15-6-8-30-9-7-15/h1-3,11,14-17H,4-10,12-13,25H2,(H,27,28)/t16-,17-/m1/s1. The Bertz CT molecular complexity index is 885. The number of anilines is 1. The third-order valence-electron chi connectivity index (χ3n) is 6.13. The third-order valence-corrected chi connectivity index (χ3v) is 6.43. The van der Waals surface area contributed by atoms with Gasteiger partial charge in [-0.3, -0.25) is 9.78 Å². The minimum absolute atomic E-state index is 0.0526. The van der Waals surface area contributed by atoms with E-state index in [0.29, 0.717) is 17.4 Å². The fourth-order valence-corrected chi connectivity index (χ4v) is 4.49. The van der Waals surface area contributed by atoms with E-state index in [1.54, 1.807) is 6.20 Å². The smallest absolute Gasteiger partial charge is 0.141 e. The first kappa shape index (κ1) is 21.2. The number of nitrogens with one attached hydrogen (secondary N) is 1. The van der Waals surface area contributed by atoms with Gasteiger partial charge in [-0.2, -0.15) is 0 Å². The lowest BCUT2D eigenvalue weighted by Crippen LogP contribution is -2.22. The molecule has 2 aromatic rings. The number of carbonyl (C=O) groups is 1. The van der Waals surface area contributed by atoms with Crippen molar-refractivity contribution in [3.63, 3.8) is 0 Å². The fourth-order valence-electron chi connectivity index (χ4n) is 4.29. The molecule has 0 radical (unpaired) electrons. The van der Waals surface area contributed by atoms with Crippen LogP contribution < -0.4 is 11.1 Å². The number of rotatable bonds is 7. The molecule has 1 aliphatic heterocycles. The number of carbonyl (C=O) groups excluding carboxylic acids is 1. The molecule has 2 fully saturated rings. The monoisotopic (exact) mass is 428 g/mol. The molecule has 0 spiro atoms. The predicted octanol–water partition coefficient (Wildman–Crippen LogP) is 3.87. The Kier molecular flexibility index (Phi) is 6.97. The highest BCUT2D eigenvalue weighted by Gasteiger charge is 2.28. The van der Waals surface area contributed by atoms with Crippen molar-refractivity contribution in [1.29, 1.82) is 0 Å². The summed E-state index contributed by atoms with van der Waals surface area (Å²) in [7, 11) is 0. The van der Waals surface area contributed by atoms with Gasteiger partial charge < -0.3 is 15.8 Å². The van der Waals surface area contributed by atoms with Crippen LogP contribution in [0.2, 0.25) is 5.02 Å². The summed E-state index contributed by atoms with van der Waals surface area (Å²) >= 11 is 6.43. The van der Waals surface area contributed by atoms with Gasteiger partial charge in [-0.1, -0.05) is 17.7 Å². The van der Waals surface area contributed by atoms with Crippen molar-refractivity contribution in [2.75, 3.05) is 25.1 Å². The molecule has 30 heavy (non-hydrogen) atoms. The molecule has 2 aromatic heterocycles. The molecule has 1 aliphatic carbocycles. The number of ketones is 1. The molecule has 2 atom stereocenters. The Hall–Kier alpha value is -2.02. The summed E-state index contributed by atoms with van der Waals surface area (Å²) in [4.78, 5) is 21.7. The fraction of sp³-hybridized carbons (Fsp3) is 0.522. The average Bonchev–Trinajstić information content (AvgIpc) is 3.21. The second-order valence-corrected chi connectivity index (χ2v) is 8.82. The van der Waals surface area contributed by atoms with E-state index in [0.717, 1.165) is 74.6 Å². The van der Waals surface area contributed by atoms with Crippen LogP contribution in [0.3, 0.4) is 0 Å². The predicted molar refractivity (Wildman–Crippen MR) is 119 cm³/mol. The van der Waals surface area contributed by atoms with E-state index < -0.39 is 0 Å². The number of ether oxygens (including phenoxy) is 1. The Labute approximate surface area is 182 Å². The zero-order valence-corrected chi connectivity index (χ0v) is 17.9. The van der Waals surface area contributed by atoms with Crippen LogP contribution in [-0.4, -0.2) is 41.6 Å². The van der Waals surface area contributed by atoms with Gasteiger partial charge in [0.2, 0.25) is 0 Å². The maximum absolute atomic E-state index is 12.6. The lowest BCUT2D eigenvalue weighted by molar-refractivity contribution is -0.122. The van der Waals surface area contributed by atoms with Crippen LogP contribution in [0.4, 0.5) is 5.82 Å². The van der Waals surface area contributed by atoms with Gasteiger partial charge in [-0.25, -0.2) is 4.98 Å². The normalized spacial score (nSPS) is 22.2. The molecule has 0 amide bonds. The topological polar surface area (TPSA) is 90.1 Å². The summed E-state index contributed by atoms with van der Waals surface area (Å²) < 4.78 is 5.42. The van der Waals surface area contributed by atoms with Crippen molar-refractivity contribution < 1.29 is 9.53 Å². The second kappa shape index (κ2) is 9.86. The Balaban J connectivity index is 1.45. The summed E-state index contributed by atoms with van der Waals surface area (Å²) in [6, 6.07) is 7.90. The number of Topliss-reactive ketones (excluding diaryl/α,β-unsaturated/α-hetero) is 1. The number of aromatic nitrogens is 2. The largest absolute Gasteiger partial charge is 0.381 e. The van der Waals surface area contributed by atoms with Gasteiger partial charge in [-0.15, -0.1) is 0 Å². The summed E-state index contributed by atoms with van der Waals surface area (Å²) in [6.45, 7) is 2.55. The lowest BCUT2D eigenvalue weighted by atomic mass is 9.97. The first-order chi connectivity index (χ1) is 14.6. The first-order valence-corrected chi connectivity index (χ1v) is 11.2. The van der Waals surface area contributed by atoms with Crippen molar-refractivity contribution in [1.82, 2.24) is 9.97 Å². The SMILES string of the molecule is N[C@@H]1CC[C@@H](C(=O)Cc2cc(-c3cccc(NCC4CCOCC4)n3)c(Cl)cn2)C1. The average molecular weight is 429 g/mol. The second-order valence-electron chi connectivity index (χ2n) is 8.41. The van der Waals surface area contributed by atoms with Crippen LogP contribution >= 0.6 is 11.6 Å². The molecular formula is C23H29ClN4O2. The minimum Gasteiger partial charge on any atom is -0.381 e. The molecule has 2 aliphatic rings. The maximum Gasteiger partial charge on any atom is 0.141 e. The lowest BCUT2D eigenvalue weighted by Gasteiger charge is -2.22. The Morgan fingerprint density at radius 2 is 2.07 bits per heavy atom. The highest BCUT2D eigenvalue weighted by Crippen LogP contribution is 2.29. The molecule has 7 heteroatoms. The van der Waals surface area contributed by atoms with E-state index in [1.165, 1.54) is 0 Å². The van der Waals surface area contributed by atoms with E-state index in [4.69, 9.17) is 27.1 Å². The molecule has 3 N–H and O–H groups in total. The van der Waals surface area contributed by atoms with Gasteiger partial charge in [-0.05, 0) is 56.2 Å². The van der Waals surface area contributed by atoms with Crippen LogP contribution in [0.1, 0.15) is 37.8 Å². The number of hydrogen-bond donors (Lipinski definition) is 2. The highest BCUT2D eigenvalue weighted by molar-refractivity contribution is 6.33. The molecule has 0 bridgehead atoms. The van der Waals surface area contributed by atoms with Crippen molar-refractivity contribution in [3.8, 4) is 11.3 Å². The molecule has 0 unspecified atom stereocenters. The van der Waals surface area contributed by atoms with Gasteiger partial charge in [0.05, 0.1) is 10.7 Å². The van der Waals surface area contributed by atoms with E-state index in [2.05, 4.69) is 10.3 Å². The van der Waals surface area contributed by atoms with Crippen LogP contribution in [0.5, 0.6) is 0 Å². The summed E-state index contributed by atoms with van der Waals surface area (Å²) in [6.07, 6.45) is 6.66. The quantitative estimate of drug-likeness (QED) is 0.695. The molecule has 0 aromatic carbocycles. The maximum atomic E-state index is 12.6. The molecule has 3 heterocycles. The zero-order valence-electron chi connectivity index (χ0n) is 17.1. The molecular weight excluding hydrogens is 400 g/mol. The zero-order chi connectivity index (χ0) is 20.9. The van der Waals surface area contributed by atoms with Gasteiger partial charge >= 0.3 is 0 Å². The summed E-state index contributed by atoms with van der Waals surface area (Å²) in [5, 5.41) is 3.97. The van der Waals surface area contributed by atoms with Crippen molar-refractivity contribution in [2.24, 2.45) is 17.6 Å². The van der Waals surface area contributed by atoms with Gasteiger partial charge in [0.1, 0.15) is 11.6 Å². The van der Waals surface area contributed by atoms with E-state index >= 15 is 0 Å². The van der Waals surface area contributed by atoms with Crippen LogP contribution in [0.15, 0.2) is 30.5 Å². The van der Waals surface area contributed by atoms with Crippen molar-refractivity contribution in [3.05, 3.63) is 41.2 Å². The highest BCUT2D eigenvalue weighted by atomic mass is 35.5. The summed E-state index contributed by atoms with van der Waals surface area (Å²) in [5.74, 6) is 1.69. The van der Waals surface area contributed by atoms with Crippen LogP contribution in [0, 0.1) is 11.8 Å².